The SMILES string of the molecule is CCN(CC)S(=O)(=O)c1ccc(Cl)c(NC(=O)CCc2ccc(C#N)cc2)c1. The maximum atomic E-state index is 12.7. The van der Waals surface area contributed by atoms with Gasteiger partial charge in [-0.3, -0.25) is 4.79 Å². The van der Waals surface area contributed by atoms with Crippen LogP contribution in [0.3, 0.4) is 0 Å². The van der Waals surface area contributed by atoms with E-state index < -0.39 is 10.0 Å². The monoisotopic (exact) mass is 419 g/mol. The van der Waals surface area contributed by atoms with Crippen molar-refractivity contribution in [3.05, 3.63) is 58.6 Å². The van der Waals surface area contributed by atoms with Gasteiger partial charge in [-0.15, -0.1) is 0 Å². The van der Waals surface area contributed by atoms with Crippen molar-refractivity contribution < 1.29 is 13.2 Å². The van der Waals surface area contributed by atoms with Gasteiger partial charge in [-0.25, -0.2) is 8.42 Å². The van der Waals surface area contributed by atoms with Crippen LogP contribution in [0.1, 0.15) is 31.4 Å². The average Bonchev–Trinajstić information content (AvgIpc) is 2.69. The smallest absolute Gasteiger partial charge is 0.243 e. The van der Waals surface area contributed by atoms with E-state index in [0.717, 1.165) is 5.56 Å². The van der Waals surface area contributed by atoms with Gasteiger partial charge in [-0.1, -0.05) is 37.6 Å². The number of hydrogen-bond acceptors (Lipinski definition) is 4. The van der Waals surface area contributed by atoms with Gasteiger partial charge in [0.15, 0.2) is 0 Å². The molecule has 0 aliphatic rings. The van der Waals surface area contributed by atoms with Crippen molar-refractivity contribution in [3.8, 4) is 6.07 Å². The molecular weight excluding hydrogens is 398 g/mol. The van der Waals surface area contributed by atoms with Crippen LogP contribution >= 0.6 is 11.6 Å². The molecule has 8 heteroatoms. The molecule has 2 aromatic rings. The number of anilines is 1. The predicted molar refractivity (Wildman–Crippen MR) is 110 cm³/mol. The van der Waals surface area contributed by atoms with E-state index in [1.165, 1.54) is 22.5 Å². The van der Waals surface area contributed by atoms with E-state index in [1.807, 2.05) is 6.07 Å². The van der Waals surface area contributed by atoms with E-state index in [4.69, 9.17) is 16.9 Å². The van der Waals surface area contributed by atoms with Gasteiger partial charge in [0.1, 0.15) is 0 Å². The Kier molecular flexibility index (Phi) is 7.58. The summed E-state index contributed by atoms with van der Waals surface area (Å²) in [5.41, 5.74) is 1.75. The van der Waals surface area contributed by atoms with E-state index in [9.17, 15) is 13.2 Å². The van der Waals surface area contributed by atoms with Gasteiger partial charge in [0.25, 0.3) is 0 Å². The van der Waals surface area contributed by atoms with E-state index in [-0.39, 0.29) is 27.9 Å². The Labute approximate surface area is 170 Å². The average molecular weight is 420 g/mol. The summed E-state index contributed by atoms with van der Waals surface area (Å²) in [4.78, 5) is 12.4. The number of benzene rings is 2. The first-order valence-corrected chi connectivity index (χ1v) is 10.7. The molecule has 0 bridgehead atoms. The Morgan fingerprint density at radius 3 is 2.36 bits per heavy atom. The number of amides is 1. The number of nitrogens with one attached hydrogen (secondary N) is 1. The molecule has 28 heavy (non-hydrogen) atoms. The lowest BCUT2D eigenvalue weighted by Gasteiger charge is -2.19. The van der Waals surface area contributed by atoms with E-state index in [0.29, 0.717) is 25.1 Å². The van der Waals surface area contributed by atoms with Gasteiger partial charge < -0.3 is 5.32 Å². The topological polar surface area (TPSA) is 90.3 Å². The summed E-state index contributed by atoms with van der Waals surface area (Å²) in [6.45, 7) is 4.24. The first-order chi connectivity index (χ1) is 13.3. The summed E-state index contributed by atoms with van der Waals surface area (Å²) in [6.07, 6.45) is 0.696. The minimum atomic E-state index is -3.64. The lowest BCUT2D eigenvalue weighted by Crippen LogP contribution is -2.30. The second kappa shape index (κ2) is 9.69. The molecule has 1 amide bonds. The Morgan fingerprint density at radius 2 is 1.79 bits per heavy atom. The quantitative estimate of drug-likeness (QED) is 0.704. The summed E-state index contributed by atoms with van der Waals surface area (Å²) in [5, 5.41) is 11.8. The lowest BCUT2D eigenvalue weighted by molar-refractivity contribution is -0.116. The van der Waals surface area contributed by atoms with Crippen molar-refractivity contribution in [2.24, 2.45) is 0 Å². The highest BCUT2D eigenvalue weighted by Crippen LogP contribution is 2.27. The molecule has 0 aliphatic heterocycles. The molecule has 0 spiro atoms. The number of rotatable bonds is 8. The predicted octanol–water partition coefficient (Wildman–Crippen LogP) is 3.81. The number of hydrogen-bond donors (Lipinski definition) is 1. The van der Waals surface area contributed by atoms with E-state index in [1.54, 1.807) is 38.1 Å². The third kappa shape index (κ3) is 5.32. The first-order valence-electron chi connectivity index (χ1n) is 8.90. The Bertz CT molecular complexity index is 979. The van der Waals surface area contributed by atoms with Gasteiger partial charge >= 0.3 is 0 Å². The van der Waals surface area contributed by atoms with Crippen LogP contribution in [-0.2, 0) is 21.2 Å². The van der Waals surface area contributed by atoms with Crippen LogP contribution in [-0.4, -0.2) is 31.7 Å². The highest BCUT2D eigenvalue weighted by Gasteiger charge is 2.22. The van der Waals surface area contributed by atoms with Crippen molar-refractivity contribution in [3.63, 3.8) is 0 Å². The summed E-state index contributed by atoms with van der Waals surface area (Å²) in [7, 11) is -3.64. The fourth-order valence-corrected chi connectivity index (χ4v) is 4.34. The number of halogens is 1. The molecule has 6 nitrogen and oxygen atoms in total. The van der Waals surface area contributed by atoms with Crippen LogP contribution in [0.15, 0.2) is 47.4 Å². The zero-order chi connectivity index (χ0) is 20.7. The molecule has 0 radical (unpaired) electrons. The lowest BCUT2D eigenvalue weighted by atomic mass is 10.1. The molecule has 148 valence electrons. The van der Waals surface area contributed by atoms with Crippen LogP contribution in [0.2, 0.25) is 5.02 Å². The van der Waals surface area contributed by atoms with E-state index in [2.05, 4.69) is 5.32 Å². The van der Waals surface area contributed by atoms with Crippen molar-refractivity contribution >= 4 is 33.2 Å². The van der Waals surface area contributed by atoms with Crippen molar-refractivity contribution in [2.45, 2.75) is 31.6 Å². The van der Waals surface area contributed by atoms with Crippen LogP contribution in [0.5, 0.6) is 0 Å². The molecule has 0 saturated heterocycles. The van der Waals surface area contributed by atoms with Crippen LogP contribution in [0.4, 0.5) is 5.69 Å². The first kappa shape index (κ1) is 21.9. The summed E-state index contributed by atoms with van der Waals surface area (Å²) in [5.74, 6) is -0.274. The minimum absolute atomic E-state index is 0.0861. The number of carbonyl (C=O) groups is 1. The van der Waals surface area contributed by atoms with Gasteiger partial charge in [0.2, 0.25) is 15.9 Å². The van der Waals surface area contributed by atoms with Gasteiger partial charge in [-0.2, -0.15) is 9.57 Å². The largest absolute Gasteiger partial charge is 0.325 e. The van der Waals surface area contributed by atoms with Crippen molar-refractivity contribution in [1.29, 1.82) is 5.26 Å². The van der Waals surface area contributed by atoms with Crippen LogP contribution in [0.25, 0.3) is 0 Å². The van der Waals surface area contributed by atoms with Crippen LogP contribution in [0, 0.1) is 11.3 Å². The summed E-state index contributed by atoms with van der Waals surface area (Å²) < 4.78 is 26.6. The maximum Gasteiger partial charge on any atom is 0.243 e. The molecule has 2 rings (SSSR count). The third-order valence-electron chi connectivity index (χ3n) is 4.28. The molecule has 0 saturated carbocycles. The van der Waals surface area contributed by atoms with Crippen molar-refractivity contribution in [1.82, 2.24) is 4.31 Å². The molecule has 0 aromatic heterocycles. The number of carbonyl (C=O) groups excluding carboxylic acids is 1. The number of nitrogens with zero attached hydrogens (tertiary/aromatic N) is 2. The summed E-state index contributed by atoms with van der Waals surface area (Å²) in [6, 6.07) is 13.3. The van der Waals surface area contributed by atoms with Gasteiger partial charge in [0, 0.05) is 19.5 Å². The minimum Gasteiger partial charge on any atom is -0.325 e. The highest BCUT2D eigenvalue weighted by molar-refractivity contribution is 7.89. The highest BCUT2D eigenvalue weighted by atomic mass is 35.5. The second-order valence-electron chi connectivity index (χ2n) is 6.09. The normalized spacial score (nSPS) is 11.2. The number of nitriles is 1. The molecule has 0 atom stereocenters. The molecular formula is C20H22ClN3O3S. The molecule has 0 aliphatic carbocycles. The van der Waals surface area contributed by atoms with E-state index >= 15 is 0 Å². The zero-order valence-corrected chi connectivity index (χ0v) is 17.3. The molecule has 0 fully saturated rings. The fourth-order valence-electron chi connectivity index (χ4n) is 2.69. The number of sulfonamides is 1. The number of aryl methyl sites for hydroxylation is 1. The molecule has 0 unspecified atom stereocenters. The second-order valence-corrected chi connectivity index (χ2v) is 8.43. The Morgan fingerprint density at radius 1 is 1.14 bits per heavy atom. The molecule has 2 aromatic carbocycles. The van der Waals surface area contributed by atoms with Crippen LogP contribution < -0.4 is 5.32 Å². The third-order valence-corrected chi connectivity index (χ3v) is 6.65. The zero-order valence-electron chi connectivity index (χ0n) is 15.8. The standard InChI is InChI=1S/C20H22ClN3O3S/c1-3-24(4-2)28(26,27)17-10-11-18(21)19(13-17)23-20(25)12-9-15-5-7-16(14-22)8-6-15/h5-8,10-11,13H,3-4,9,12H2,1-2H3,(H,23,25). The maximum absolute atomic E-state index is 12.7. The Balaban J connectivity index is 2.10. The van der Waals surface area contributed by atoms with Gasteiger partial charge in [-0.05, 0) is 42.3 Å². The fraction of sp³-hybridized carbons (Fsp3) is 0.300. The summed E-state index contributed by atoms with van der Waals surface area (Å²) >= 11 is 6.13. The molecule has 0 heterocycles. The van der Waals surface area contributed by atoms with Crippen molar-refractivity contribution in [2.75, 3.05) is 18.4 Å². The van der Waals surface area contributed by atoms with Gasteiger partial charge in [0.05, 0.1) is 27.2 Å². The Hall–Kier alpha value is -2.40. The molecule has 1 N–H and O–H groups in total.